The summed E-state index contributed by atoms with van der Waals surface area (Å²) >= 11 is 0. The van der Waals surface area contributed by atoms with Gasteiger partial charge in [-0.3, -0.25) is 0 Å². The predicted octanol–water partition coefficient (Wildman–Crippen LogP) is 3.46. The first-order valence-electron chi connectivity index (χ1n) is 6.39. The Kier molecular flexibility index (Phi) is 2.91. The normalized spacial score (nSPS) is 11.3. The Morgan fingerprint density at radius 1 is 1.00 bits per heavy atom. The maximum absolute atomic E-state index is 5.33. The number of hydrogen-bond acceptors (Lipinski definition) is 2. The number of para-hydroxylation sites is 1. The van der Waals surface area contributed by atoms with Crippen molar-refractivity contribution in [2.45, 2.75) is 6.73 Å². The molecule has 3 nitrogen and oxygen atoms in total. The second kappa shape index (κ2) is 4.59. The van der Waals surface area contributed by atoms with E-state index in [1.165, 1.54) is 27.5 Å². The van der Waals surface area contributed by atoms with Crippen LogP contribution in [0.15, 0.2) is 42.5 Å². The maximum Gasteiger partial charge on any atom is 0.123 e. The molecule has 3 heteroatoms. The molecule has 2 aromatic carbocycles. The molecule has 1 heterocycles. The molecule has 0 spiro atoms. The van der Waals surface area contributed by atoms with E-state index in [9.17, 15) is 0 Å². The molecule has 1 aromatic heterocycles. The van der Waals surface area contributed by atoms with Gasteiger partial charge in [0, 0.05) is 37.7 Å². The van der Waals surface area contributed by atoms with E-state index in [1.54, 1.807) is 7.11 Å². The third-order valence-electron chi connectivity index (χ3n) is 3.53. The molecule has 0 bridgehead atoms. The first-order valence-corrected chi connectivity index (χ1v) is 6.39. The standard InChI is InChI=1S/C16H18N2O/c1-17(2)12-8-9-16-14(10-12)13-6-4-5-7-15(13)18(16)11-19-3/h4-10H,11H2,1-3H3. The van der Waals surface area contributed by atoms with E-state index in [0.717, 1.165) is 0 Å². The van der Waals surface area contributed by atoms with Gasteiger partial charge in [-0.1, -0.05) is 18.2 Å². The quantitative estimate of drug-likeness (QED) is 0.712. The number of aromatic nitrogens is 1. The average Bonchev–Trinajstić information content (AvgIpc) is 2.74. The van der Waals surface area contributed by atoms with Gasteiger partial charge in [0.15, 0.2) is 0 Å². The minimum atomic E-state index is 0.575. The van der Waals surface area contributed by atoms with Crippen LogP contribution in [0.1, 0.15) is 0 Å². The third-order valence-corrected chi connectivity index (χ3v) is 3.53. The van der Waals surface area contributed by atoms with Crippen molar-refractivity contribution in [3.8, 4) is 0 Å². The van der Waals surface area contributed by atoms with Gasteiger partial charge in [-0.05, 0) is 24.3 Å². The van der Waals surface area contributed by atoms with Gasteiger partial charge in [0.1, 0.15) is 6.73 Å². The molecule has 0 saturated carbocycles. The SMILES string of the molecule is COCn1c2ccccc2c2cc(N(C)C)ccc21. The number of benzene rings is 2. The minimum Gasteiger partial charge on any atom is -0.378 e. The van der Waals surface area contributed by atoms with Crippen molar-refractivity contribution in [3.63, 3.8) is 0 Å². The number of methoxy groups -OCH3 is 1. The Hall–Kier alpha value is -2.00. The lowest BCUT2D eigenvalue weighted by Gasteiger charge is -2.12. The molecule has 19 heavy (non-hydrogen) atoms. The highest BCUT2D eigenvalue weighted by Crippen LogP contribution is 2.31. The summed E-state index contributed by atoms with van der Waals surface area (Å²) in [6, 6.07) is 15.0. The summed E-state index contributed by atoms with van der Waals surface area (Å²) in [4.78, 5) is 2.13. The van der Waals surface area contributed by atoms with Crippen LogP contribution in [0.5, 0.6) is 0 Å². The monoisotopic (exact) mass is 254 g/mol. The van der Waals surface area contributed by atoms with Crippen molar-refractivity contribution in [1.29, 1.82) is 0 Å². The van der Waals surface area contributed by atoms with Crippen LogP contribution in [-0.2, 0) is 11.5 Å². The van der Waals surface area contributed by atoms with Crippen molar-refractivity contribution in [2.75, 3.05) is 26.1 Å². The van der Waals surface area contributed by atoms with E-state index in [4.69, 9.17) is 4.74 Å². The summed E-state index contributed by atoms with van der Waals surface area (Å²) in [6.45, 7) is 0.575. The third kappa shape index (κ3) is 1.87. The van der Waals surface area contributed by atoms with E-state index in [1.807, 2.05) is 0 Å². The Labute approximate surface area is 113 Å². The molecule has 0 fully saturated rings. The predicted molar refractivity (Wildman–Crippen MR) is 80.8 cm³/mol. The van der Waals surface area contributed by atoms with Gasteiger partial charge in [0.05, 0.1) is 11.0 Å². The lowest BCUT2D eigenvalue weighted by Crippen LogP contribution is -2.08. The first kappa shape index (κ1) is 12.1. The highest BCUT2D eigenvalue weighted by molar-refractivity contribution is 6.09. The lowest BCUT2D eigenvalue weighted by molar-refractivity contribution is 0.138. The van der Waals surface area contributed by atoms with Crippen LogP contribution in [-0.4, -0.2) is 25.8 Å². The molecular formula is C16H18N2O. The minimum absolute atomic E-state index is 0.575. The smallest absolute Gasteiger partial charge is 0.123 e. The summed E-state index contributed by atoms with van der Waals surface area (Å²) < 4.78 is 7.55. The van der Waals surface area contributed by atoms with Crippen LogP contribution in [0.25, 0.3) is 21.8 Å². The van der Waals surface area contributed by atoms with Gasteiger partial charge in [-0.2, -0.15) is 0 Å². The number of fused-ring (bicyclic) bond motifs is 3. The summed E-state index contributed by atoms with van der Waals surface area (Å²) in [5.41, 5.74) is 3.65. The van der Waals surface area contributed by atoms with Gasteiger partial charge in [-0.25, -0.2) is 0 Å². The molecule has 0 unspecified atom stereocenters. The Morgan fingerprint density at radius 3 is 2.47 bits per heavy atom. The zero-order valence-corrected chi connectivity index (χ0v) is 11.6. The molecule has 0 atom stereocenters. The summed E-state index contributed by atoms with van der Waals surface area (Å²) in [7, 11) is 5.86. The molecule has 0 amide bonds. The number of nitrogens with zero attached hydrogens (tertiary/aromatic N) is 2. The van der Waals surface area contributed by atoms with Crippen molar-refractivity contribution in [2.24, 2.45) is 0 Å². The van der Waals surface area contributed by atoms with Crippen LogP contribution < -0.4 is 4.90 Å². The fourth-order valence-corrected chi connectivity index (χ4v) is 2.59. The van der Waals surface area contributed by atoms with Crippen molar-refractivity contribution in [3.05, 3.63) is 42.5 Å². The van der Waals surface area contributed by atoms with Gasteiger partial charge in [0.2, 0.25) is 0 Å². The van der Waals surface area contributed by atoms with E-state index < -0.39 is 0 Å². The molecule has 0 radical (unpaired) electrons. The van der Waals surface area contributed by atoms with E-state index in [2.05, 4.69) is 66.0 Å². The summed E-state index contributed by atoms with van der Waals surface area (Å²) in [6.07, 6.45) is 0. The Balaban J connectivity index is 2.38. The van der Waals surface area contributed by atoms with Crippen molar-refractivity contribution >= 4 is 27.5 Å². The highest BCUT2D eigenvalue weighted by atomic mass is 16.5. The largest absolute Gasteiger partial charge is 0.378 e. The molecule has 0 N–H and O–H groups in total. The number of rotatable bonds is 3. The van der Waals surface area contributed by atoms with E-state index >= 15 is 0 Å². The zero-order valence-electron chi connectivity index (χ0n) is 11.6. The number of hydrogen-bond donors (Lipinski definition) is 0. The highest BCUT2D eigenvalue weighted by Gasteiger charge is 2.10. The summed E-state index contributed by atoms with van der Waals surface area (Å²) in [5.74, 6) is 0. The fourth-order valence-electron chi connectivity index (χ4n) is 2.59. The fraction of sp³-hybridized carbons (Fsp3) is 0.250. The average molecular weight is 254 g/mol. The topological polar surface area (TPSA) is 17.4 Å². The van der Waals surface area contributed by atoms with Crippen LogP contribution in [0.2, 0.25) is 0 Å². The van der Waals surface area contributed by atoms with E-state index in [0.29, 0.717) is 6.73 Å². The molecule has 0 saturated heterocycles. The zero-order chi connectivity index (χ0) is 13.4. The number of ether oxygens (including phenoxy) is 1. The Morgan fingerprint density at radius 2 is 1.74 bits per heavy atom. The van der Waals surface area contributed by atoms with Crippen LogP contribution >= 0.6 is 0 Å². The first-order chi connectivity index (χ1) is 9.22. The van der Waals surface area contributed by atoms with Crippen LogP contribution in [0.3, 0.4) is 0 Å². The van der Waals surface area contributed by atoms with Crippen LogP contribution in [0, 0.1) is 0 Å². The second-order valence-corrected chi connectivity index (χ2v) is 4.96. The van der Waals surface area contributed by atoms with E-state index in [-0.39, 0.29) is 0 Å². The van der Waals surface area contributed by atoms with Crippen LogP contribution in [0.4, 0.5) is 5.69 Å². The molecule has 0 aliphatic carbocycles. The molecule has 3 rings (SSSR count). The molecule has 0 aliphatic rings. The van der Waals surface area contributed by atoms with Gasteiger partial charge >= 0.3 is 0 Å². The van der Waals surface area contributed by atoms with Gasteiger partial charge < -0.3 is 14.2 Å². The second-order valence-electron chi connectivity index (χ2n) is 4.96. The lowest BCUT2D eigenvalue weighted by atomic mass is 10.1. The van der Waals surface area contributed by atoms with Crippen molar-refractivity contribution < 1.29 is 4.74 Å². The Bertz CT molecular complexity index is 728. The maximum atomic E-state index is 5.33. The molecular weight excluding hydrogens is 236 g/mol. The molecule has 3 aromatic rings. The molecule has 98 valence electrons. The number of anilines is 1. The van der Waals surface area contributed by atoms with Crippen molar-refractivity contribution in [1.82, 2.24) is 4.57 Å². The molecule has 0 aliphatic heterocycles. The summed E-state index contributed by atoms with van der Waals surface area (Å²) in [5, 5.41) is 2.55. The van der Waals surface area contributed by atoms with Gasteiger partial charge in [-0.15, -0.1) is 0 Å². The van der Waals surface area contributed by atoms with Gasteiger partial charge in [0.25, 0.3) is 0 Å².